The molecule has 1 aromatic carbocycles. The van der Waals surface area contributed by atoms with Crippen LogP contribution in [-0.4, -0.2) is 70.8 Å². The van der Waals surface area contributed by atoms with Crippen LogP contribution in [0.25, 0.3) is 11.3 Å². The van der Waals surface area contributed by atoms with Crippen molar-refractivity contribution in [3.63, 3.8) is 0 Å². The largest absolute Gasteiger partial charge is 0.494 e. The van der Waals surface area contributed by atoms with Crippen molar-refractivity contribution in [1.29, 1.82) is 0 Å². The zero-order valence-corrected chi connectivity index (χ0v) is 29.6. The summed E-state index contributed by atoms with van der Waals surface area (Å²) in [6, 6.07) is 6.21. The summed E-state index contributed by atoms with van der Waals surface area (Å²) in [5, 5.41) is 26.1. The van der Waals surface area contributed by atoms with E-state index in [1.165, 1.54) is 24.3 Å². The minimum atomic E-state index is -1.23. The monoisotopic (exact) mass is 702 g/mol. The van der Waals surface area contributed by atoms with E-state index in [0.29, 0.717) is 30.6 Å². The Kier molecular flexibility index (Phi) is 16.4. The van der Waals surface area contributed by atoms with Gasteiger partial charge >= 0.3 is 11.9 Å². The molecule has 0 aliphatic carbocycles. The van der Waals surface area contributed by atoms with Gasteiger partial charge in [-0.05, 0) is 77.3 Å². The molecule has 0 aliphatic rings. The lowest BCUT2D eigenvalue weighted by atomic mass is 9.84. The molecule has 1 aromatic heterocycles. The van der Waals surface area contributed by atoms with Gasteiger partial charge in [0.05, 0.1) is 19.2 Å². The lowest BCUT2D eigenvalue weighted by Gasteiger charge is -2.24. The van der Waals surface area contributed by atoms with Gasteiger partial charge in [0.25, 0.3) is 11.8 Å². The molecule has 2 rings (SSSR count). The van der Waals surface area contributed by atoms with E-state index in [-0.39, 0.29) is 43.2 Å². The Labute approximate surface area is 291 Å². The van der Waals surface area contributed by atoms with Crippen LogP contribution in [-0.2, 0) is 23.9 Å². The number of carbonyl (C=O) groups excluding carboxylic acids is 5. The Morgan fingerprint density at radius 1 is 0.880 bits per heavy atom. The molecule has 15 heteroatoms. The number of amides is 4. The van der Waals surface area contributed by atoms with E-state index in [2.05, 4.69) is 16.0 Å². The third-order valence-corrected chi connectivity index (χ3v) is 7.58. The van der Waals surface area contributed by atoms with Crippen LogP contribution in [0.1, 0.15) is 107 Å². The molecule has 0 aliphatic heterocycles. The number of furan rings is 1. The Bertz CT molecular complexity index is 1480. The average Bonchev–Trinajstić information content (AvgIpc) is 3.56. The van der Waals surface area contributed by atoms with Crippen LogP contribution >= 0.6 is 0 Å². The molecule has 0 saturated heterocycles. The highest BCUT2D eigenvalue weighted by Crippen LogP contribution is 2.29. The van der Waals surface area contributed by atoms with Gasteiger partial charge in [0.2, 0.25) is 11.8 Å². The van der Waals surface area contributed by atoms with E-state index in [4.69, 9.17) is 24.2 Å². The molecule has 0 radical (unpaired) electrons. The summed E-state index contributed by atoms with van der Waals surface area (Å²) in [4.78, 5) is 75.5. The van der Waals surface area contributed by atoms with Crippen molar-refractivity contribution in [3.8, 4) is 17.1 Å². The quantitative estimate of drug-likeness (QED) is 0.0378. The van der Waals surface area contributed by atoms with Crippen molar-refractivity contribution < 1.29 is 53.0 Å². The maximum Gasteiger partial charge on any atom is 0.329 e. The van der Waals surface area contributed by atoms with Crippen molar-refractivity contribution in [2.24, 2.45) is 11.8 Å². The maximum atomic E-state index is 13.3. The van der Waals surface area contributed by atoms with Gasteiger partial charge in [-0.25, -0.2) is 10.3 Å². The van der Waals surface area contributed by atoms with E-state index in [1.807, 2.05) is 6.92 Å². The Morgan fingerprint density at radius 3 is 2.20 bits per heavy atom. The topological polar surface area (TPSA) is 223 Å². The number of hydrogen-bond donors (Lipinski definition) is 6. The number of hydrogen-bond acceptors (Lipinski definition) is 10. The molecule has 0 unspecified atom stereocenters. The fourth-order valence-corrected chi connectivity index (χ4v) is 5.16. The summed E-state index contributed by atoms with van der Waals surface area (Å²) in [7, 11) is 0. The highest BCUT2D eigenvalue weighted by atomic mass is 16.6. The van der Waals surface area contributed by atoms with E-state index in [9.17, 15) is 28.8 Å². The number of benzene rings is 1. The third kappa shape index (κ3) is 13.2. The molecule has 4 amide bonds. The van der Waals surface area contributed by atoms with Gasteiger partial charge in [0.1, 0.15) is 23.2 Å². The van der Waals surface area contributed by atoms with E-state index in [0.717, 1.165) is 12.8 Å². The average molecular weight is 703 g/mol. The molecule has 2 aromatic rings. The van der Waals surface area contributed by atoms with E-state index < -0.39 is 59.0 Å². The number of hydroxylamine groups is 1. The second-order valence-electron chi connectivity index (χ2n) is 12.7. The van der Waals surface area contributed by atoms with Crippen molar-refractivity contribution in [1.82, 2.24) is 21.4 Å². The molecule has 0 bridgehead atoms. The van der Waals surface area contributed by atoms with Gasteiger partial charge in [-0.15, -0.1) is 0 Å². The number of rotatable bonds is 20. The number of carboxylic acid groups (broad SMARTS) is 1. The number of carboxylic acids is 1. The molecular formula is C35H50N4O11. The molecule has 6 N–H and O–H groups in total. The number of esters is 1. The number of ether oxygens (including phenoxy) is 2. The SMILES string of the molecule is CCCCC[C@@H](C(=O)NCNC(=O)c1ccc(-c2cc(OCC)cc(C(=O)N[C@@H](CCC(=O)O)C(=O)OC(C)(C)C)c2)o1)[C@@H](CC)C(=O)NO. The summed E-state index contributed by atoms with van der Waals surface area (Å²) in [5.41, 5.74) is 1.21. The van der Waals surface area contributed by atoms with E-state index in [1.54, 1.807) is 46.2 Å². The predicted molar refractivity (Wildman–Crippen MR) is 181 cm³/mol. The van der Waals surface area contributed by atoms with Gasteiger partial charge < -0.3 is 34.9 Å². The second-order valence-corrected chi connectivity index (χ2v) is 12.7. The van der Waals surface area contributed by atoms with Crippen LogP contribution in [0, 0.1) is 11.8 Å². The first kappa shape index (κ1) is 41.3. The maximum absolute atomic E-state index is 13.3. The van der Waals surface area contributed by atoms with Gasteiger partial charge in [-0.1, -0.05) is 33.1 Å². The highest BCUT2D eigenvalue weighted by molar-refractivity contribution is 5.98. The van der Waals surface area contributed by atoms with Gasteiger partial charge in [-0.3, -0.25) is 29.2 Å². The van der Waals surface area contributed by atoms with Crippen molar-refractivity contribution in [2.75, 3.05) is 13.3 Å². The smallest absolute Gasteiger partial charge is 0.329 e. The summed E-state index contributed by atoms with van der Waals surface area (Å²) in [6.07, 6.45) is 2.71. The van der Waals surface area contributed by atoms with Gasteiger partial charge in [0, 0.05) is 23.5 Å². The normalized spacial score (nSPS) is 12.9. The Morgan fingerprint density at radius 2 is 1.60 bits per heavy atom. The van der Waals surface area contributed by atoms with Crippen LogP contribution in [0.5, 0.6) is 5.75 Å². The first-order valence-electron chi connectivity index (χ1n) is 16.8. The van der Waals surface area contributed by atoms with E-state index >= 15 is 0 Å². The molecular weight excluding hydrogens is 652 g/mol. The minimum Gasteiger partial charge on any atom is -0.494 e. The first-order chi connectivity index (χ1) is 23.6. The van der Waals surface area contributed by atoms with Crippen LogP contribution in [0.4, 0.5) is 0 Å². The minimum absolute atomic E-state index is 0.0775. The molecule has 50 heavy (non-hydrogen) atoms. The molecule has 0 spiro atoms. The molecule has 276 valence electrons. The first-order valence-corrected chi connectivity index (χ1v) is 16.8. The molecule has 15 nitrogen and oxygen atoms in total. The van der Waals surface area contributed by atoms with Gasteiger partial charge in [-0.2, -0.15) is 0 Å². The summed E-state index contributed by atoms with van der Waals surface area (Å²) in [5.74, 6) is -5.37. The number of nitrogens with one attached hydrogen (secondary N) is 4. The van der Waals surface area contributed by atoms with Crippen LogP contribution in [0.2, 0.25) is 0 Å². The molecule has 0 fully saturated rings. The summed E-state index contributed by atoms with van der Waals surface area (Å²) in [6.45, 7) is 10.5. The van der Waals surface area contributed by atoms with Gasteiger partial charge in [0.15, 0.2) is 5.76 Å². The fraction of sp³-hybridized carbons (Fsp3) is 0.543. The number of aliphatic carboxylic acids is 1. The molecule has 1 heterocycles. The van der Waals surface area contributed by atoms with Crippen LogP contribution in [0.3, 0.4) is 0 Å². The third-order valence-electron chi connectivity index (χ3n) is 7.58. The summed E-state index contributed by atoms with van der Waals surface area (Å²) >= 11 is 0. The van der Waals surface area contributed by atoms with Crippen molar-refractivity contribution in [3.05, 3.63) is 41.7 Å². The number of unbranched alkanes of at least 4 members (excludes halogenated alkanes) is 2. The lowest BCUT2D eigenvalue weighted by molar-refractivity contribution is -0.157. The highest BCUT2D eigenvalue weighted by Gasteiger charge is 2.32. The second kappa shape index (κ2) is 19.9. The van der Waals surface area contributed by atoms with Crippen LogP contribution in [0.15, 0.2) is 34.7 Å². The predicted octanol–water partition coefficient (Wildman–Crippen LogP) is 4.18. The van der Waals surface area contributed by atoms with Crippen molar-refractivity contribution in [2.45, 2.75) is 98.1 Å². The Hall–Kier alpha value is -4.92. The van der Waals surface area contributed by atoms with Crippen LogP contribution < -0.4 is 26.2 Å². The zero-order chi connectivity index (χ0) is 37.4. The zero-order valence-electron chi connectivity index (χ0n) is 29.6. The van der Waals surface area contributed by atoms with Crippen molar-refractivity contribution >= 4 is 35.6 Å². The number of carbonyl (C=O) groups is 6. The Balaban J connectivity index is 2.21. The summed E-state index contributed by atoms with van der Waals surface area (Å²) < 4.78 is 16.8. The fourth-order valence-electron chi connectivity index (χ4n) is 5.16. The molecule has 3 atom stereocenters. The lowest BCUT2D eigenvalue weighted by Crippen LogP contribution is -2.44. The molecule has 0 saturated carbocycles. The standard InChI is InChI=1S/C35H50N4O11/c1-7-10-11-12-25(24(8-2)32(44)39-47)31(43)36-20-37-33(45)28-15-14-27(49-28)21-17-22(19-23(18-21)48-9-3)30(42)38-26(13-16-29(40)41)34(46)50-35(4,5)6/h14-15,17-19,24-26,47H,7-13,16,20H2,1-6H3,(H,36,43)(H,37,45)(H,38,42)(H,39,44)(H,40,41)/t24-,25-,26+/m1/s1.